The number of phosphoric acid groups is 1. The number of phosphoric ester groups is 1. The van der Waals surface area contributed by atoms with Crippen molar-refractivity contribution in [1.82, 2.24) is 0 Å². The summed E-state index contributed by atoms with van der Waals surface area (Å²) in [5.74, 6) is 0. The molecule has 0 bridgehead atoms. The Labute approximate surface area is 107 Å². The quantitative estimate of drug-likeness (QED) is 0.586. The molecule has 0 unspecified atom stereocenters. The number of thiocarbonyl (C=S) groups is 1. The van der Waals surface area contributed by atoms with E-state index < -0.39 is 7.82 Å². The van der Waals surface area contributed by atoms with Crippen LogP contribution in [-0.2, 0) is 18.1 Å². The van der Waals surface area contributed by atoms with Crippen LogP contribution < -0.4 is 0 Å². The van der Waals surface area contributed by atoms with Crippen LogP contribution in [0.1, 0.15) is 19.4 Å². The van der Waals surface area contributed by atoms with E-state index in [1.807, 2.05) is 18.2 Å². The first-order valence-electron chi connectivity index (χ1n) is 5.29. The van der Waals surface area contributed by atoms with Gasteiger partial charge in [0.05, 0.1) is 13.2 Å². The summed E-state index contributed by atoms with van der Waals surface area (Å²) < 4.78 is 27.2. The molecular formula is C11H15O4PS. The lowest BCUT2D eigenvalue weighted by atomic mass is 10.2. The molecular weight excluding hydrogens is 259 g/mol. The minimum Gasteiger partial charge on any atom is -0.392 e. The van der Waals surface area contributed by atoms with Crippen LogP contribution in [0.4, 0.5) is 0 Å². The van der Waals surface area contributed by atoms with Crippen LogP contribution in [0.5, 0.6) is 0 Å². The van der Waals surface area contributed by atoms with Crippen molar-refractivity contribution in [3.05, 3.63) is 35.9 Å². The lowest BCUT2D eigenvalue weighted by Gasteiger charge is -2.17. The summed E-state index contributed by atoms with van der Waals surface area (Å²) in [6.45, 7) is 3.88. The first-order chi connectivity index (χ1) is 8.11. The van der Waals surface area contributed by atoms with Crippen LogP contribution in [0.2, 0.25) is 0 Å². The number of hydrogen-bond acceptors (Lipinski definition) is 5. The molecule has 0 heterocycles. The molecule has 1 aromatic carbocycles. The van der Waals surface area contributed by atoms with Crippen molar-refractivity contribution in [2.75, 3.05) is 13.2 Å². The summed E-state index contributed by atoms with van der Waals surface area (Å²) in [6.07, 6.45) is 0. The van der Waals surface area contributed by atoms with Crippen LogP contribution >= 0.6 is 20.0 Å². The third-order valence-electron chi connectivity index (χ3n) is 1.78. The molecule has 4 nitrogen and oxygen atoms in total. The highest BCUT2D eigenvalue weighted by Gasteiger charge is 2.28. The molecule has 0 aliphatic carbocycles. The Morgan fingerprint density at radius 3 is 2.18 bits per heavy atom. The average Bonchev–Trinajstić information content (AvgIpc) is 2.30. The zero-order valence-electron chi connectivity index (χ0n) is 9.79. The fraction of sp³-hybridized carbons (Fsp3) is 0.364. The number of benzene rings is 1. The Bertz CT molecular complexity index is 397. The Morgan fingerprint density at radius 2 is 1.71 bits per heavy atom. The van der Waals surface area contributed by atoms with Crippen molar-refractivity contribution in [1.29, 1.82) is 0 Å². The fourth-order valence-corrected chi connectivity index (χ4v) is 2.67. The minimum atomic E-state index is -3.58. The Balaban J connectivity index is 2.74. The number of rotatable bonds is 6. The second-order valence-corrected chi connectivity index (χ2v) is 4.99. The Hall–Kier alpha value is -0.740. The molecule has 17 heavy (non-hydrogen) atoms. The third kappa shape index (κ3) is 4.56. The standard InChI is InChI=1S/C11H15O4PS/c1-3-13-16(12,14-4-2)15-11(17)10-8-6-5-7-9-10/h5-9H,3-4H2,1-2H3. The van der Waals surface area contributed by atoms with Gasteiger partial charge in [-0.1, -0.05) is 30.3 Å². The summed E-state index contributed by atoms with van der Waals surface area (Å²) >= 11 is 5.04. The summed E-state index contributed by atoms with van der Waals surface area (Å²) in [5.41, 5.74) is 0.669. The van der Waals surface area contributed by atoms with E-state index in [0.717, 1.165) is 0 Å². The van der Waals surface area contributed by atoms with Crippen LogP contribution in [0.15, 0.2) is 30.3 Å². The second kappa shape index (κ2) is 6.87. The third-order valence-corrected chi connectivity index (χ3v) is 3.78. The summed E-state index contributed by atoms with van der Waals surface area (Å²) in [4.78, 5) is 0. The van der Waals surface area contributed by atoms with E-state index in [2.05, 4.69) is 0 Å². The normalized spacial score (nSPS) is 11.2. The zero-order chi connectivity index (χ0) is 12.7. The smallest absolute Gasteiger partial charge is 0.392 e. The van der Waals surface area contributed by atoms with Gasteiger partial charge in [-0.05, 0) is 26.1 Å². The molecule has 6 heteroatoms. The molecule has 0 radical (unpaired) electrons. The molecule has 0 spiro atoms. The molecule has 0 amide bonds. The molecule has 0 aliphatic rings. The first kappa shape index (κ1) is 14.3. The van der Waals surface area contributed by atoms with Crippen molar-refractivity contribution in [2.24, 2.45) is 0 Å². The van der Waals surface area contributed by atoms with Crippen LogP contribution in [-0.4, -0.2) is 18.3 Å². The average molecular weight is 274 g/mol. The van der Waals surface area contributed by atoms with Crippen molar-refractivity contribution < 1.29 is 18.1 Å². The van der Waals surface area contributed by atoms with Gasteiger partial charge in [-0.2, -0.15) is 0 Å². The minimum absolute atomic E-state index is 0.107. The number of hydrogen-bond donors (Lipinski definition) is 0. The summed E-state index contributed by atoms with van der Waals surface area (Å²) in [6, 6.07) is 9.03. The van der Waals surface area contributed by atoms with E-state index in [9.17, 15) is 4.57 Å². The van der Waals surface area contributed by atoms with Crippen molar-refractivity contribution in [3.8, 4) is 0 Å². The molecule has 0 aliphatic heterocycles. The summed E-state index contributed by atoms with van der Waals surface area (Å²) in [7, 11) is -3.58. The van der Waals surface area contributed by atoms with Gasteiger partial charge < -0.3 is 4.52 Å². The Morgan fingerprint density at radius 1 is 1.18 bits per heavy atom. The van der Waals surface area contributed by atoms with Gasteiger partial charge in [-0.3, -0.25) is 9.05 Å². The van der Waals surface area contributed by atoms with Crippen LogP contribution in [0.3, 0.4) is 0 Å². The predicted octanol–water partition coefficient (Wildman–Crippen LogP) is 3.56. The maximum absolute atomic E-state index is 12.0. The van der Waals surface area contributed by atoms with Crippen molar-refractivity contribution >= 4 is 25.1 Å². The van der Waals surface area contributed by atoms with Gasteiger partial charge in [0.25, 0.3) is 0 Å². The van der Waals surface area contributed by atoms with E-state index >= 15 is 0 Å². The highest BCUT2D eigenvalue weighted by Crippen LogP contribution is 2.49. The first-order valence-corrected chi connectivity index (χ1v) is 7.16. The molecule has 94 valence electrons. The van der Waals surface area contributed by atoms with Crippen molar-refractivity contribution in [3.63, 3.8) is 0 Å². The van der Waals surface area contributed by atoms with E-state index in [1.54, 1.807) is 26.0 Å². The molecule has 0 N–H and O–H groups in total. The topological polar surface area (TPSA) is 44.8 Å². The van der Waals surface area contributed by atoms with E-state index in [1.165, 1.54) is 0 Å². The van der Waals surface area contributed by atoms with Gasteiger partial charge in [-0.15, -0.1) is 0 Å². The van der Waals surface area contributed by atoms with Crippen molar-refractivity contribution in [2.45, 2.75) is 13.8 Å². The highest BCUT2D eigenvalue weighted by atomic mass is 32.1. The largest absolute Gasteiger partial charge is 0.530 e. The molecule has 1 rings (SSSR count). The predicted molar refractivity (Wildman–Crippen MR) is 70.1 cm³/mol. The van der Waals surface area contributed by atoms with Gasteiger partial charge in [0.1, 0.15) is 0 Å². The van der Waals surface area contributed by atoms with Crippen LogP contribution in [0, 0.1) is 0 Å². The lowest BCUT2D eigenvalue weighted by molar-refractivity contribution is 0.166. The highest BCUT2D eigenvalue weighted by molar-refractivity contribution is 7.81. The SMILES string of the molecule is CCOP(=O)(OCC)OC(=S)c1ccccc1. The van der Waals surface area contributed by atoms with Gasteiger partial charge in [0, 0.05) is 5.56 Å². The van der Waals surface area contributed by atoms with Gasteiger partial charge >= 0.3 is 7.82 Å². The molecule has 0 aromatic heterocycles. The molecule has 0 saturated heterocycles. The second-order valence-electron chi connectivity index (χ2n) is 3.03. The maximum Gasteiger partial charge on any atom is 0.530 e. The molecule has 0 fully saturated rings. The molecule has 0 atom stereocenters. The van der Waals surface area contributed by atoms with Gasteiger partial charge in [0.15, 0.2) is 0 Å². The lowest BCUT2D eigenvalue weighted by Crippen LogP contribution is -2.06. The molecule has 0 saturated carbocycles. The maximum atomic E-state index is 12.0. The van der Waals surface area contributed by atoms with Crippen LogP contribution in [0.25, 0.3) is 0 Å². The zero-order valence-corrected chi connectivity index (χ0v) is 11.5. The van der Waals surface area contributed by atoms with E-state index in [4.69, 9.17) is 25.8 Å². The van der Waals surface area contributed by atoms with E-state index in [0.29, 0.717) is 5.56 Å². The fourth-order valence-electron chi connectivity index (χ4n) is 1.13. The molecule has 1 aromatic rings. The van der Waals surface area contributed by atoms with Gasteiger partial charge in [0.2, 0.25) is 5.05 Å². The van der Waals surface area contributed by atoms with Gasteiger partial charge in [-0.25, -0.2) is 4.57 Å². The monoisotopic (exact) mass is 274 g/mol. The summed E-state index contributed by atoms with van der Waals surface area (Å²) in [5, 5.41) is 0.107. The van der Waals surface area contributed by atoms with E-state index in [-0.39, 0.29) is 18.3 Å². The Kier molecular flexibility index (Phi) is 5.78.